The second-order valence-electron chi connectivity index (χ2n) is 7.84. The molecular formula is C23H23F3N2O5. The van der Waals surface area contributed by atoms with E-state index in [1.54, 1.807) is 9.80 Å². The van der Waals surface area contributed by atoms with Gasteiger partial charge in [0.2, 0.25) is 0 Å². The summed E-state index contributed by atoms with van der Waals surface area (Å²) in [6, 6.07) is 11.4. The van der Waals surface area contributed by atoms with Gasteiger partial charge in [-0.3, -0.25) is 9.69 Å². The zero-order valence-electron chi connectivity index (χ0n) is 17.9. The Morgan fingerprint density at radius 2 is 1.88 bits per heavy atom. The van der Waals surface area contributed by atoms with E-state index >= 15 is 0 Å². The first kappa shape index (κ1) is 22.8. The maximum atomic E-state index is 13.1. The van der Waals surface area contributed by atoms with Crippen LogP contribution in [0.2, 0.25) is 0 Å². The Hall–Kier alpha value is -3.43. The molecule has 0 saturated carbocycles. The number of methoxy groups -OCH3 is 1. The van der Waals surface area contributed by atoms with Gasteiger partial charge in [0.25, 0.3) is 5.91 Å². The fraction of sp³-hybridized carbons (Fsp3) is 0.391. The first-order valence-corrected chi connectivity index (χ1v) is 10.5. The van der Waals surface area contributed by atoms with Gasteiger partial charge in [-0.15, -0.1) is 0 Å². The molecule has 0 aliphatic carbocycles. The molecule has 7 nitrogen and oxygen atoms in total. The maximum absolute atomic E-state index is 13.1. The van der Waals surface area contributed by atoms with Gasteiger partial charge in [-0.05, 0) is 31.0 Å². The van der Waals surface area contributed by atoms with Crippen molar-refractivity contribution in [2.75, 3.05) is 31.7 Å². The normalized spacial score (nSPS) is 16.8. The topological polar surface area (TPSA) is 68.3 Å². The minimum atomic E-state index is -4.46. The molecule has 0 atom stereocenters. The molecule has 0 aromatic heterocycles. The number of nitrogens with zero attached hydrogens (tertiary/aromatic N) is 2. The van der Waals surface area contributed by atoms with E-state index in [0.29, 0.717) is 25.9 Å². The van der Waals surface area contributed by atoms with E-state index in [2.05, 4.69) is 0 Å². The van der Waals surface area contributed by atoms with Crippen molar-refractivity contribution in [2.24, 2.45) is 0 Å². The lowest BCUT2D eigenvalue weighted by molar-refractivity contribution is -0.153. The van der Waals surface area contributed by atoms with Crippen LogP contribution in [0.1, 0.15) is 28.8 Å². The molecule has 0 bridgehead atoms. The number of ether oxygens (including phenoxy) is 3. The number of halogens is 3. The minimum Gasteiger partial charge on any atom is -0.496 e. The third-order valence-electron chi connectivity index (χ3n) is 5.72. The summed E-state index contributed by atoms with van der Waals surface area (Å²) < 4.78 is 52.5. The summed E-state index contributed by atoms with van der Waals surface area (Å²) >= 11 is 0. The number of hydrogen-bond acceptors (Lipinski definition) is 5. The number of carbonyl (C=O) groups excluding carboxylic acids is 2. The van der Waals surface area contributed by atoms with Crippen molar-refractivity contribution in [1.82, 2.24) is 4.90 Å². The monoisotopic (exact) mass is 464 g/mol. The SMILES string of the molecule is COc1cc(OCC(F)(F)F)ccc1C(=O)N1CCC(N2C(=O)OCc3ccccc32)CC1. The molecule has 0 N–H and O–H groups in total. The van der Waals surface area contributed by atoms with Crippen molar-refractivity contribution < 1.29 is 37.0 Å². The van der Waals surface area contributed by atoms with Crippen LogP contribution in [-0.4, -0.2) is 55.9 Å². The van der Waals surface area contributed by atoms with Crippen LogP contribution in [0.5, 0.6) is 11.5 Å². The molecule has 33 heavy (non-hydrogen) atoms. The summed E-state index contributed by atoms with van der Waals surface area (Å²) in [5.41, 5.74) is 2.00. The molecule has 0 spiro atoms. The summed E-state index contributed by atoms with van der Waals surface area (Å²) in [5.74, 6) is -0.202. The highest BCUT2D eigenvalue weighted by Gasteiger charge is 2.35. The summed E-state index contributed by atoms with van der Waals surface area (Å²) in [4.78, 5) is 28.8. The first-order chi connectivity index (χ1) is 15.8. The summed E-state index contributed by atoms with van der Waals surface area (Å²) in [5, 5.41) is 0. The number of alkyl halides is 3. The fourth-order valence-electron chi connectivity index (χ4n) is 4.12. The summed E-state index contributed by atoms with van der Waals surface area (Å²) in [6.07, 6.45) is -3.74. The van der Waals surface area contributed by atoms with Crippen molar-refractivity contribution in [2.45, 2.75) is 31.7 Å². The number of likely N-dealkylation sites (tertiary alicyclic amines) is 1. The third-order valence-corrected chi connectivity index (χ3v) is 5.72. The molecule has 2 aromatic rings. The van der Waals surface area contributed by atoms with Crippen molar-refractivity contribution >= 4 is 17.7 Å². The molecule has 176 valence electrons. The number of cyclic esters (lactones) is 1. The molecule has 1 saturated heterocycles. The number of para-hydroxylation sites is 1. The van der Waals surface area contributed by atoms with Crippen LogP contribution in [0.25, 0.3) is 0 Å². The van der Waals surface area contributed by atoms with Gasteiger partial charge in [0.05, 0.1) is 18.4 Å². The van der Waals surface area contributed by atoms with Crippen molar-refractivity contribution in [1.29, 1.82) is 0 Å². The lowest BCUT2D eigenvalue weighted by Gasteiger charge is -2.40. The molecular weight excluding hydrogens is 441 g/mol. The molecule has 2 aliphatic rings. The van der Waals surface area contributed by atoms with Gasteiger partial charge in [0.1, 0.15) is 18.1 Å². The lowest BCUT2D eigenvalue weighted by Crippen LogP contribution is -2.50. The predicted octanol–water partition coefficient (Wildman–Crippen LogP) is 4.40. The molecule has 0 unspecified atom stereocenters. The molecule has 2 aromatic carbocycles. The Morgan fingerprint density at radius 1 is 1.15 bits per heavy atom. The van der Waals surface area contributed by atoms with Crippen molar-refractivity contribution in [3.05, 3.63) is 53.6 Å². The maximum Gasteiger partial charge on any atom is 0.422 e. The van der Waals surface area contributed by atoms with Gasteiger partial charge in [0.15, 0.2) is 6.61 Å². The number of amides is 2. The van der Waals surface area contributed by atoms with Gasteiger partial charge < -0.3 is 19.1 Å². The molecule has 10 heteroatoms. The zero-order chi connectivity index (χ0) is 23.6. The van der Waals surface area contributed by atoms with E-state index < -0.39 is 18.9 Å². The molecule has 2 aliphatic heterocycles. The zero-order valence-corrected chi connectivity index (χ0v) is 17.9. The second kappa shape index (κ2) is 9.21. The Morgan fingerprint density at radius 3 is 2.58 bits per heavy atom. The molecule has 2 amide bonds. The number of rotatable bonds is 5. The lowest BCUT2D eigenvalue weighted by atomic mass is 10.00. The van der Waals surface area contributed by atoms with E-state index in [1.807, 2.05) is 24.3 Å². The van der Waals surface area contributed by atoms with Crippen LogP contribution in [-0.2, 0) is 11.3 Å². The average Bonchev–Trinajstić information content (AvgIpc) is 2.82. The van der Waals surface area contributed by atoms with Crippen LogP contribution < -0.4 is 14.4 Å². The molecule has 4 rings (SSSR count). The standard InChI is InChI=1S/C23H23F3N2O5/c1-31-20-12-17(33-14-23(24,25)26)6-7-18(20)21(29)27-10-8-16(9-11-27)28-19-5-3-2-4-15(19)13-32-22(28)30/h2-7,12,16H,8-11,13-14H2,1H3. The van der Waals surface area contributed by atoms with Crippen LogP contribution in [0.4, 0.5) is 23.7 Å². The van der Waals surface area contributed by atoms with Crippen LogP contribution in [0.15, 0.2) is 42.5 Å². The van der Waals surface area contributed by atoms with E-state index in [0.717, 1.165) is 11.3 Å². The number of piperidine rings is 1. The highest BCUT2D eigenvalue weighted by Crippen LogP contribution is 2.33. The predicted molar refractivity (Wildman–Crippen MR) is 113 cm³/mol. The van der Waals surface area contributed by atoms with Gasteiger partial charge in [-0.1, -0.05) is 18.2 Å². The van der Waals surface area contributed by atoms with E-state index in [1.165, 1.54) is 25.3 Å². The Labute approximate surface area is 188 Å². The smallest absolute Gasteiger partial charge is 0.422 e. The second-order valence-corrected chi connectivity index (χ2v) is 7.84. The van der Waals surface area contributed by atoms with E-state index in [-0.39, 0.29) is 35.6 Å². The molecule has 1 fully saturated rings. The minimum absolute atomic E-state index is 0.0401. The number of anilines is 1. The van der Waals surface area contributed by atoms with Crippen LogP contribution in [0.3, 0.4) is 0 Å². The number of fused-ring (bicyclic) bond motifs is 1. The quantitative estimate of drug-likeness (QED) is 0.656. The van der Waals surface area contributed by atoms with Crippen molar-refractivity contribution in [3.8, 4) is 11.5 Å². The van der Waals surface area contributed by atoms with Gasteiger partial charge in [-0.2, -0.15) is 13.2 Å². The molecule has 2 heterocycles. The fourth-order valence-corrected chi connectivity index (χ4v) is 4.12. The number of hydrogen-bond donors (Lipinski definition) is 0. The third kappa shape index (κ3) is 4.99. The van der Waals surface area contributed by atoms with Crippen LogP contribution in [0, 0.1) is 0 Å². The highest BCUT2D eigenvalue weighted by atomic mass is 19.4. The first-order valence-electron chi connectivity index (χ1n) is 10.5. The summed E-state index contributed by atoms with van der Waals surface area (Å²) in [7, 11) is 1.34. The van der Waals surface area contributed by atoms with Gasteiger partial charge in [-0.25, -0.2) is 4.79 Å². The van der Waals surface area contributed by atoms with Crippen LogP contribution >= 0.6 is 0 Å². The summed E-state index contributed by atoms with van der Waals surface area (Å²) in [6.45, 7) is -0.375. The number of benzene rings is 2. The van der Waals surface area contributed by atoms with Gasteiger partial charge in [0, 0.05) is 30.8 Å². The molecule has 0 radical (unpaired) electrons. The van der Waals surface area contributed by atoms with E-state index in [9.17, 15) is 22.8 Å². The van der Waals surface area contributed by atoms with Gasteiger partial charge >= 0.3 is 12.3 Å². The Balaban J connectivity index is 1.43. The largest absolute Gasteiger partial charge is 0.496 e. The Kier molecular flexibility index (Phi) is 6.35. The van der Waals surface area contributed by atoms with Crippen molar-refractivity contribution in [3.63, 3.8) is 0 Å². The average molecular weight is 464 g/mol. The number of carbonyl (C=O) groups is 2. The van der Waals surface area contributed by atoms with E-state index in [4.69, 9.17) is 14.2 Å². The Bertz CT molecular complexity index is 1030. The highest BCUT2D eigenvalue weighted by molar-refractivity contribution is 5.97.